The van der Waals surface area contributed by atoms with E-state index < -0.39 is 21.9 Å². The standard InChI is InChI=1S/C26H33FN2O5S/c1-4-19(20-8-7-18(2)24(27)16-20)9-14-25(30)28-22-10-12-23(13-11-22)35(32,33)29-15-5-6-21(17-29)26(31)34-3/h7-8,10-13,16,19,21H,4-6,9,14-15,17H2,1-3H3,(H,28,30)/t19-,21?/m1/s1. The Balaban J connectivity index is 1.58. The number of methoxy groups -OCH3 is 1. The van der Waals surface area contributed by atoms with Gasteiger partial charge in [-0.3, -0.25) is 9.59 Å². The lowest BCUT2D eigenvalue weighted by molar-refractivity contribution is -0.146. The molecule has 1 N–H and O–H groups in total. The van der Waals surface area contributed by atoms with Crippen molar-refractivity contribution in [3.63, 3.8) is 0 Å². The van der Waals surface area contributed by atoms with Crippen molar-refractivity contribution in [1.29, 1.82) is 0 Å². The Labute approximate surface area is 206 Å². The second kappa shape index (κ2) is 11.8. The third-order valence-electron chi connectivity index (χ3n) is 6.57. The fraction of sp³-hybridized carbons (Fsp3) is 0.462. The van der Waals surface area contributed by atoms with E-state index in [4.69, 9.17) is 4.74 Å². The van der Waals surface area contributed by atoms with Crippen LogP contribution >= 0.6 is 0 Å². The maximum absolute atomic E-state index is 13.9. The van der Waals surface area contributed by atoms with Crippen LogP contribution < -0.4 is 5.32 Å². The zero-order chi connectivity index (χ0) is 25.6. The van der Waals surface area contributed by atoms with Gasteiger partial charge in [0.15, 0.2) is 0 Å². The highest BCUT2D eigenvalue weighted by Crippen LogP contribution is 2.27. The lowest BCUT2D eigenvalue weighted by Crippen LogP contribution is -2.42. The van der Waals surface area contributed by atoms with Crippen LogP contribution in [0.15, 0.2) is 47.4 Å². The predicted molar refractivity (Wildman–Crippen MR) is 132 cm³/mol. The molecule has 0 aliphatic carbocycles. The summed E-state index contributed by atoms with van der Waals surface area (Å²) < 4.78 is 46.1. The van der Waals surface area contributed by atoms with E-state index in [1.165, 1.54) is 29.6 Å². The van der Waals surface area contributed by atoms with Crippen LogP contribution in [0.2, 0.25) is 0 Å². The lowest BCUT2D eigenvalue weighted by atomic mass is 9.91. The molecule has 190 valence electrons. The molecule has 1 aliphatic heterocycles. The molecule has 1 saturated heterocycles. The number of ether oxygens (including phenoxy) is 1. The molecule has 2 atom stereocenters. The van der Waals surface area contributed by atoms with Gasteiger partial charge < -0.3 is 10.1 Å². The van der Waals surface area contributed by atoms with Crippen molar-refractivity contribution in [2.45, 2.75) is 56.8 Å². The van der Waals surface area contributed by atoms with Crippen molar-refractivity contribution in [3.8, 4) is 0 Å². The van der Waals surface area contributed by atoms with Crippen LogP contribution in [0.3, 0.4) is 0 Å². The van der Waals surface area contributed by atoms with E-state index in [-0.39, 0.29) is 35.5 Å². The number of carbonyl (C=O) groups is 2. The molecule has 0 radical (unpaired) electrons. The van der Waals surface area contributed by atoms with Crippen molar-refractivity contribution < 1.29 is 27.1 Å². The Morgan fingerprint density at radius 3 is 2.54 bits per heavy atom. The molecule has 0 saturated carbocycles. The van der Waals surface area contributed by atoms with Crippen molar-refractivity contribution in [3.05, 3.63) is 59.4 Å². The van der Waals surface area contributed by atoms with Gasteiger partial charge in [0.2, 0.25) is 15.9 Å². The molecular weight excluding hydrogens is 471 g/mol. The van der Waals surface area contributed by atoms with Crippen LogP contribution in [-0.2, 0) is 24.3 Å². The number of halogens is 1. The number of hydrogen-bond acceptors (Lipinski definition) is 5. The van der Waals surface area contributed by atoms with E-state index in [0.29, 0.717) is 37.1 Å². The maximum atomic E-state index is 13.9. The first-order valence-electron chi connectivity index (χ1n) is 11.9. The number of aryl methyl sites for hydroxylation is 1. The first-order valence-corrected chi connectivity index (χ1v) is 13.3. The molecule has 0 aromatic heterocycles. The first kappa shape index (κ1) is 26.8. The number of rotatable bonds is 9. The van der Waals surface area contributed by atoms with Crippen LogP contribution in [0.4, 0.5) is 10.1 Å². The Hall–Kier alpha value is -2.78. The van der Waals surface area contributed by atoms with Crippen molar-refractivity contribution in [2.75, 3.05) is 25.5 Å². The van der Waals surface area contributed by atoms with E-state index in [2.05, 4.69) is 5.32 Å². The number of anilines is 1. The summed E-state index contributed by atoms with van der Waals surface area (Å²) in [5, 5.41) is 2.80. The van der Waals surface area contributed by atoms with Gasteiger partial charge in [0.05, 0.1) is 17.9 Å². The minimum Gasteiger partial charge on any atom is -0.469 e. The zero-order valence-electron chi connectivity index (χ0n) is 20.4. The van der Waals surface area contributed by atoms with Gasteiger partial charge in [-0.1, -0.05) is 19.1 Å². The van der Waals surface area contributed by atoms with Gasteiger partial charge in [0.1, 0.15) is 5.82 Å². The fourth-order valence-electron chi connectivity index (χ4n) is 4.38. The summed E-state index contributed by atoms with van der Waals surface area (Å²) in [6.07, 6.45) is 2.81. The molecule has 3 rings (SSSR count). The highest BCUT2D eigenvalue weighted by atomic mass is 32.2. The second-order valence-electron chi connectivity index (χ2n) is 8.95. The Bertz CT molecular complexity index is 1150. The van der Waals surface area contributed by atoms with E-state index >= 15 is 0 Å². The molecule has 1 aliphatic rings. The topological polar surface area (TPSA) is 92.8 Å². The highest BCUT2D eigenvalue weighted by molar-refractivity contribution is 7.89. The summed E-state index contributed by atoms with van der Waals surface area (Å²) in [6, 6.07) is 11.2. The van der Waals surface area contributed by atoms with Crippen LogP contribution in [0.25, 0.3) is 0 Å². The Morgan fingerprint density at radius 1 is 1.20 bits per heavy atom. The number of sulfonamides is 1. The highest BCUT2D eigenvalue weighted by Gasteiger charge is 2.33. The van der Waals surface area contributed by atoms with Gasteiger partial charge in [-0.2, -0.15) is 4.31 Å². The summed E-state index contributed by atoms with van der Waals surface area (Å²) in [5.41, 5.74) is 1.97. The number of piperidine rings is 1. The molecule has 1 heterocycles. The third-order valence-corrected chi connectivity index (χ3v) is 8.45. The molecule has 2 aromatic rings. The molecule has 0 bridgehead atoms. The van der Waals surface area contributed by atoms with Gasteiger partial charge in [0.25, 0.3) is 0 Å². The van der Waals surface area contributed by atoms with Gasteiger partial charge in [-0.05, 0) is 80.0 Å². The molecular formula is C26H33FN2O5S. The number of esters is 1. The predicted octanol–water partition coefficient (Wildman–Crippen LogP) is 4.62. The average molecular weight is 505 g/mol. The van der Waals surface area contributed by atoms with Crippen LogP contribution in [0.1, 0.15) is 56.1 Å². The summed E-state index contributed by atoms with van der Waals surface area (Å²) in [7, 11) is -2.46. The average Bonchev–Trinajstić information content (AvgIpc) is 2.86. The van der Waals surface area contributed by atoms with Gasteiger partial charge in [-0.25, -0.2) is 12.8 Å². The summed E-state index contributed by atoms with van der Waals surface area (Å²) >= 11 is 0. The number of hydrogen-bond donors (Lipinski definition) is 1. The Kier molecular flexibility index (Phi) is 9.02. The molecule has 2 aromatic carbocycles. The number of nitrogens with one attached hydrogen (secondary N) is 1. The first-order chi connectivity index (χ1) is 16.6. The monoisotopic (exact) mass is 504 g/mol. The fourth-order valence-corrected chi connectivity index (χ4v) is 5.90. The second-order valence-corrected chi connectivity index (χ2v) is 10.9. The van der Waals surface area contributed by atoms with Crippen LogP contribution in [0, 0.1) is 18.7 Å². The van der Waals surface area contributed by atoms with E-state index in [1.54, 1.807) is 25.1 Å². The smallest absolute Gasteiger partial charge is 0.309 e. The molecule has 0 spiro atoms. The van der Waals surface area contributed by atoms with Crippen LogP contribution in [-0.4, -0.2) is 44.8 Å². The van der Waals surface area contributed by atoms with Crippen LogP contribution in [0.5, 0.6) is 0 Å². The van der Waals surface area contributed by atoms with Gasteiger partial charge >= 0.3 is 5.97 Å². The Morgan fingerprint density at radius 2 is 1.91 bits per heavy atom. The minimum absolute atomic E-state index is 0.0710. The molecule has 1 fully saturated rings. The number of benzene rings is 2. The van der Waals surface area contributed by atoms with Crippen molar-refractivity contribution >= 4 is 27.6 Å². The third kappa shape index (κ3) is 6.67. The van der Waals surface area contributed by atoms with Gasteiger partial charge in [-0.15, -0.1) is 0 Å². The minimum atomic E-state index is -3.76. The largest absolute Gasteiger partial charge is 0.469 e. The molecule has 9 heteroatoms. The summed E-state index contributed by atoms with van der Waals surface area (Å²) in [6.45, 7) is 4.17. The molecule has 35 heavy (non-hydrogen) atoms. The summed E-state index contributed by atoms with van der Waals surface area (Å²) in [5.74, 6) is -1.23. The van der Waals surface area contributed by atoms with E-state index in [9.17, 15) is 22.4 Å². The molecule has 1 unspecified atom stereocenters. The van der Waals surface area contributed by atoms with Crippen molar-refractivity contribution in [1.82, 2.24) is 4.31 Å². The zero-order valence-corrected chi connectivity index (χ0v) is 21.2. The quantitative estimate of drug-likeness (QED) is 0.503. The number of amides is 1. The molecule has 1 amide bonds. The van der Waals surface area contributed by atoms with E-state index in [0.717, 1.165) is 12.0 Å². The SMILES string of the molecule is CC[C@H](CCC(=O)Nc1ccc(S(=O)(=O)N2CCCC(C(=O)OC)C2)cc1)c1ccc(C)c(F)c1. The van der Waals surface area contributed by atoms with Crippen molar-refractivity contribution in [2.24, 2.45) is 5.92 Å². The number of carbonyl (C=O) groups excluding carboxylic acids is 2. The van der Waals surface area contributed by atoms with E-state index in [1.807, 2.05) is 13.0 Å². The van der Waals surface area contributed by atoms with Gasteiger partial charge in [0, 0.05) is 25.2 Å². The molecule has 7 nitrogen and oxygen atoms in total. The maximum Gasteiger partial charge on any atom is 0.309 e. The number of nitrogens with zero attached hydrogens (tertiary/aromatic N) is 1. The summed E-state index contributed by atoms with van der Waals surface area (Å²) in [4.78, 5) is 24.4. The lowest BCUT2D eigenvalue weighted by Gasteiger charge is -2.30. The normalized spacial score (nSPS) is 17.5.